The largest absolute Gasteiger partial charge is 0.491 e. The minimum atomic E-state index is -0.212. The Bertz CT molecular complexity index is 1160. The summed E-state index contributed by atoms with van der Waals surface area (Å²) in [5.74, 6) is 1.93. The summed E-state index contributed by atoms with van der Waals surface area (Å²) in [6.07, 6.45) is 5.16. The lowest BCUT2D eigenvalue weighted by Crippen LogP contribution is -2.45. The quantitative estimate of drug-likeness (QED) is 0.472. The van der Waals surface area contributed by atoms with E-state index in [1.54, 1.807) is 13.3 Å². The zero-order valence-electron chi connectivity index (χ0n) is 18.9. The number of piperidine rings is 1. The maximum Gasteiger partial charge on any atom is 0.261 e. The Balaban J connectivity index is 1.44. The SMILES string of the molecule is COCCOc1ccc(Nc2nc(N3CCCC4(CCNC4)C3)nc3cc[nH]c(=O)c23)cc1. The third-order valence-electron chi connectivity index (χ3n) is 6.56. The second kappa shape index (κ2) is 9.36. The summed E-state index contributed by atoms with van der Waals surface area (Å²) in [4.78, 5) is 27.3. The molecule has 9 heteroatoms. The number of aromatic nitrogens is 3. The molecule has 0 bridgehead atoms. The highest BCUT2D eigenvalue weighted by Gasteiger charge is 2.38. The Labute approximate surface area is 192 Å². The van der Waals surface area contributed by atoms with Gasteiger partial charge in [-0.25, -0.2) is 4.98 Å². The molecule has 1 unspecified atom stereocenters. The molecule has 0 aliphatic carbocycles. The number of hydrogen-bond donors (Lipinski definition) is 3. The number of anilines is 3. The van der Waals surface area contributed by atoms with Crippen molar-refractivity contribution in [2.45, 2.75) is 19.3 Å². The predicted molar refractivity (Wildman–Crippen MR) is 129 cm³/mol. The Morgan fingerprint density at radius 1 is 1.15 bits per heavy atom. The third-order valence-corrected chi connectivity index (χ3v) is 6.56. The molecule has 1 aromatic carbocycles. The number of rotatable bonds is 7. The van der Waals surface area contributed by atoms with Crippen molar-refractivity contribution in [2.75, 3.05) is 56.7 Å². The molecule has 2 saturated heterocycles. The molecule has 4 heterocycles. The number of ether oxygens (including phenoxy) is 2. The van der Waals surface area contributed by atoms with Crippen LogP contribution < -0.4 is 25.8 Å². The zero-order chi connectivity index (χ0) is 22.7. The summed E-state index contributed by atoms with van der Waals surface area (Å²) in [7, 11) is 1.65. The third kappa shape index (κ3) is 4.65. The van der Waals surface area contributed by atoms with Gasteiger partial charge in [0.1, 0.15) is 23.6 Å². The van der Waals surface area contributed by atoms with Gasteiger partial charge in [-0.05, 0) is 56.1 Å². The first-order valence-electron chi connectivity index (χ1n) is 11.5. The molecule has 2 aromatic heterocycles. The molecule has 3 aromatic rings. The van der Waals surface area contributed by atoms with E-state index in [4.69, 9.17) is 19.4 Å². The smallest absolute Gasteiger partial charge is 0.261 e. The van der Waals surface area contributed by atoms with Gasteiger partial charge in [-0.2, -0.15) is 4.98 Å². The molecule has 3 N–H and O–H groups in total. The van der Waals surface area contributed by atoms with E-state index in [0.717, 1.165) is 44.0 Å². The van der Waals surface area contributed by atoms with Crippen LogP contribution in [-0.2, 0) is 4.74 Å². The minimum absolute atomic E-state index is 0.212. The molecule has 2 aliphatic heterocycles. The van der Waals surface area contributed by atoms with Gasteiger partial charge in [-0.3, -0.25) is 4.79 Å². The Morgan fingerprint density at radius 3 is 2.82 bits per heavy atom. The molecule has 1 spiro atoms. The van der Waals surface area contributed by atoms with E-state index in [1.807, 2.05) is 30.3 Å². The van der Waals surface area contributed by atoms with E-state index in [2.05, 4.69) is 20.5 Å². The first kappa shape index (κ1) is 21.7. The van der Waals surface area contributed by atoms with Crippen LogP contribution in [0.2, 0.25) is 0 Å². The molecule has 174 valence electrons. The molecule has 9 nitrogen and oxygen atoms in total. The first-order valence-corrected chi connectivity index (χ1v) is 11.5. The average Bonchev–Trinajstić information content (AvgIpc) is 3.27. The lowest BCUT2D eigenvalue weighted by Gasteiger charge is -2.40. The summed E-state index contributed by atoms with van der Waals surface area (Å²) >= 11 is 0. The van der Waals surface area contributed by atoms with Crippen LogP contribution in [0, 0.1) is 5.41 Å². The Hall–Kier alpha value is -3.17. The topological polar surface area (TPSA) is 104 Å². The van der Waals surface area contributed by atoms with Crippen LogP contribution in [0.3, 0.4) is 0 Å². The van der Waals surface area contributed by atoms with Crippen molar-refractivity contribution in [1.29, 1.82) is 0 Å². The fraction of sp³-hybridized carbons (Fsp3) is 0.458. The molecule has 1 atom stereocenters. The average molecular weight is 451 g/mol. The van der Waals surface area contributed by atoms with Crippen molar-refractivity contribution >= 4 is 28.4 Å². The molecule has 0 saturated carbocycles. The van der Waals surface area contributed by atoms with Gasteiger partial charge in [0.25, 0.3) is 5.56 Å². The van der Waals surface area contributed by atoms with E-state index >= 15 is 0 Å². The number of H-pyrrole nitrogens is 1. The highest BCUT2D eigenvalue weighted by Crippen LogP contribution is 2.37. The van der Waals surface area contributed by atoms with Gasteiger partial charge in [0.15, 0.2) is 0 Å². The van der Waals surface area contributed by atoms with E-state index in [-0.39, 0.29) is 11.0 Å². The van der Waals surface area contributed by atoms with Gasteiger partial charge in [0, 0.05) is 44.0 Å². The van der Waals surface area contributed by atoms with Crippen LogP contribution in [0.4, 0.5) is 17.5 Å². The van der Waals surface area contributed by atoms with Gasteiger partial charge in [-0.1, -0.05) is 0 Å². The molecule has 33 heavy (non-hydrogen) atoms. The Morgan fingerprint density at radius 2 is 2.03 bits per heavy atom. The summed E-state index contributed by atoms with van der Waals surface area (Å²) in [6, 6.07) is 9.42. The van der Waals surface area contributed by atoms with Crippen molar-refractivity contribution in [3.05, 3.63) is 46.9 Å². The summed E-state index contributed by atoms with van der Waals surface area (Å²) < 4.78 is 10.7. The lowest BCUT2D eigenvalue weighted by atomic mass is 9.79. The number of fused-ring (bicyclic) bond motifs is 1. The van der Waals surface area contributed by atoms with Crippen molar-refractivity contribution < 1.29 is 9.47 Å². The fourth-order valence-corrected chi connectivity index (χ4v) is 4.85. The zero-order valence-corrected chi connectivity index (χ0v) is 18.9. The van der Waals surface area contributed by atoms with Gasteiger partial charge < -0.3 is 30.0 Å². The van der Waals surface area contributed by atoms with E-state index < -0.39 is 0 Å². The number of nitrogens with one attached hydrogen (secondary N) is 3. The number of pyridine rings is 1. The number of benzene rings is 1. The highest BCUT2D eigenvalue weighted by molar-refractivity contribution is 5.91. The van der Waals surface area contributed by atoms with Crippen LogP contribution in [0.1, 0.15) is 19.3 Å². The van der Waals surface area contributed by atoms with Gasteiger partial charge in [0.05, 0.1) is 12.1 Å². The number of hydrogen-bond acceptors (Lipinski definition) is 8. The van der Waals surface area contributed by atoms with Crippen molar-refractivity contribution in [3.63, 3.8) is 0 Å². The molecular formula is C24H30N6O3. The van der Waals surface area contributed by atoms with Gasteiger partial charge in [0.2, 0.25) is 5.95 Å². The standard InChI is InChI=1S/C24H30N6O3/c1-32-13-14-33-18-5-3-17(4-6-18)27-21-20-19(7-10-26-22(20)31)28-23(29-21)30-12-2-8-24(16-30)9-11-25-15-24/h3-7,10,25H,2,8-9,11-16H2,1H3,(H,26,31)(H,27,28,29). The fourth-order valence-electron chi connectivity index (χ4n) is 4.85. The maximum absolute atomic E-state index is 12.7. The number of methoxy groups -OCH3 is 1. The minimum Gasteiger partial charge on any atom is -0.491 e. The van der Waals surface area contributed by atoms with Crippen LogP contribution in [0.15, 0.2) is 41.3 Å². The molecule has 0 radical (unpaired) electrons. The second-order valence-electron chi connectivity index (χ2n) is 8.88. The molecule has 0 amide bonds. The first-order chi connectivity index (χ1) is 16.2. The summed E-state index contributed by atoms with van der Waals surface area (Å²) in [6.45, 7) is 4.99. The summed E-state index contributed by atoms with van der Waals surface area (Å²) in [5, 5.41) is 7.30. The highest BCUT2D eigenvalue weighted by atomic mass is 16.5. The van der Waals surface area contributed by atoms with Crippen LogP contribution >= 0.6 is 0 Å². The van der Waals surface area contributed by atoms with Crippen LogP contribution in [0.25, 0.3) is 10.9 Å². The number of nitrogens with zero attached hydrogens (tertiary/aromatic N) is 3. The van der Waals surface area contributed by atoms with Crippen molar-refractivity contribution in [3.8, 4) is 5.75 Å². The van der Waals surface area contributed by atoms with E-state index in [1.165, 1.54) is 12.8 Å². The van der Waals surface area contributed by atoms with Crippen LogP contribution in [-0.4, -0.2) is 61.5 Å². The molecule has 2 aliphatic rings. The summed E-state index contributed by atoms with van der Waals surface area (Å²) in [5.41, 5.74) is 1.53. The normalized spacial score (nSPS) is 20.5. The van der Waals surface area contributed by atoms with Gasteiger partial charge >= 0.3 is 0 Å². The monoisotopic (exact) mass is 450 g/mol. The Kier molecular flexibility index (Phi) is 6.15. The van der Waals surface area contributed by atoms with E-state index in [0.29, 0.717) is 35.9 Å². The lowest BCUT2D eigenvalue weighted by molar-refractivity contribution is 0.146. The molecule has 5 rings (SSSR count). The maximum atomic E-state index is 12.7. The van der Waals surface area contributed by atoms with E-state index in [9.17, 15) is 4.79 Å². The molecular weight excluding hydrogens is 420 g/mol. The molecule has 2 fully saturated rings. The van der Waals surface area contributed by atoms with Crippen molar-refractivity contribution in [1.82, 2.24) is 20.3 Å². The van der Waals surface area contributed by atoms with Crippen LogP contribution in [0.5, 0.6) is 5.75 Å². The van der Waals surface area contributed by atoms with Crippen molar-refractivity contribution in [2.24, 2.45) is 5.41 Å². The predicted octanol–water partition coefficient (Wildman–Crippen LogP) is 2.67. The second-order valence-corrected chi connectivity index (χ2v) is 8.88. The van der Waals surface area contributed by atoms with Gasteiger partial charge in [-0.15, -0.1) is 0 Å². The number of aromatic amines is 1.